The second-order valence-electron chi connectivity index (χ2n) is 3.93. The van der Waals surface area contributed by atoms with Gasteiger partial charge in [0.1, 0.15) is 0 Å². The van der Waals surface area contributed by atoms with Gasteiger partial charge in [-0.05, 0) is 26.2 Å². The number of nitrogens with zero attached hydrogens (tertiary/aromatic N) is 2. The number of nitrogens with one attached hydrogen (secondary N) is 1. The molecule has 0 aliphatic carbocycles. The molecule has 0 saturated carbocycles. The van der Waals surface area contributed by atoms with Crippen LogP contribution >= 0.6 is 11.8 Å². The van der Waals surface area contributed by atoms with Crippen LogP contribution in [0.3, 0.4) is 0 Å². The first-order chi connectivity index (χ1) is 7.65. The average Bonchev–Trinajstić information content (AvgIpc) is 2.56. The van der Waals surface area contributed by atoms with Crippen molar-refractivity contribution in [1.82, 2.24) is 14.8 Å². The zero-order chi connectivity index (χ0) is 12.0. The molecule has 1 heterocycles. The average molecular weight is 244 g/mol. The molecule has 0 aromatic carbocycles. The molecule has 1 atom stereocenters. The SMILES string of the molecule is CCCn1c(SCCCC(C)N)n[nH]c1=O. The van der Waals surface area contributed by atoms with Crippen LogP contribution in [0.25, 0.3) is 0 Å². The summed E-state index contributed by atoms with van der Waals surface area (Å²) in [6.07, 6.45) is 3.00. The first-order valence-corrected chi connectivity index (χ1v) is 6.67. The largest absolute Gasteiger partial charge is 0.343 e. The van der Waals surface area contributed by atoms with Gasteiger partial charge in [0.25, 0.3) is 0 Å². The lowest BCUT2D eigenvalue weighted by Gasteiger charge is -2.05. The monoisotopic (exact) mass is 244 g/mol. The molecule has 6 heteroatoms. The van der Waals surface area contributed by atoms with Crippen molar-refractivity contribution in [2.24, 2.45) is 5.73 Å². The predicted molar refractivity (Wildman–Crippen MR) is 66.7 cm³/mol. The third kappa shape index (κ3) is 4.02. The molecule has 0 fully saturated rings. The van der Waals surface area contributed by atoms with E-state index in [4.69, 9.17) is 5.73 Å². The molecule has 3 N–H and O–H groups in total. The van der Waals surface area contributed by atoms with Gasteiger partial charge in [0, 0.05) is 18.3 Å². The number of aromatic amines is 1. The second kappa shape index (κ2) is 6.75. The Labute approximate surface area is 99.8 Å². The Morgan fingerprint density at radius 2 is 2.38 bits per heavy atom. The van der Waals surface area contributed by atoms with E-state index in [1.54, 1.807) is 16.3 Å². The molecule has 0 bridgehead atoms. The first-order valence-electron chi connectivity index (χ1n) is 5.68. The molecular weight excluding hydrogens is 224 g/mol. The Morgan fingerprint density at radius 3 is 3.00 bits per heavy atom. The molecule has 0 aliphatic heterocycles. The molecular formula is C10H20N4OS. The summed E-state index contributed by atoms with van der Waals surface area (Å²) >= 11 is 1.61. The Bertz CT molecular complexity index is 358. The highest BCUT2D eigenvalue weighted by Crippen LogP contribution is 2.15. The van der Waals surface area contributed by atoms with Crippen LogP contribution < -0.4 is 11.4 Å². The summed E-state index contributed by atoms with van der Waals surface area (Å²) in [5.74, 6) is 0.954. The predicted octanol–water partition coefficient (Wildman–Crippen LogP) is 1.20. The fourth-order valence-electron chi connectivity index (χ4n) is 1.40. The minimum absolute atomic E-state index is 0.114. The number of hydrogen-bond donors (Lipinski definition) is 2. The van der Waals surface area contributed by atoms with Gasteiger partial charge in [-0.25, -0.2) is 9.89 Å². The van der Waals surface area contributed by atoms with Crippen LogP contribution in [0.4, 0.5) is 0 Å². The number of thioether (sulfide) groups is 1. The maximum Gasteiger partial charge on any atom is 0.343 e. The van der Waals surface area contributed by atoms with Crippen molar-refractivity contribution in [3.05, 3.63) is 10.5 Å². The van der Waals surface area contributed by atoms with Gasteiger partial charge in [-0.1, -0.05) is 18.7 Å². The summed E-state index contributed by atoms with van der Waals surface area (Å²) in [7, 11) is 0. The van der Waals surface area contributed by atoms with Gasteiger partial charge >= 0.3 is 5.69 Å². The molecule has 92 valence electrons. The van der Waals surface area contributed by atoms with Crippen LogP contribution in [-0.4, -0.2) is 26.6 Å². The molecule has 1 aromatic rings. The third-order valence-electron chi connectivity index (χ3n) is 2.21. The minimum atomic E-state index is -0.114. The summed E-state index contributed by atoms with van der Waals surface area (Å²) < 4.78 is 1.69. The van der Waals surface area contributed by atoms with E-state index in [1.165, 1.54) is 0 Å². The lowest BCUT2D eigenvalue weighted by Crippen LogP contribution is -2.17. The van der Waals surface area contributed by atoms with Crippen molar-refractivity contribution in [3.8, 4) is 0 Å². The van der Waals surface area contributed by atoms with E-state index in [9.17, 15) is 4.79 Å². The normalized spacial score (nSPS) is 12.9. The number of hydrogen-bond acceptors (Lipinski definition) is 4. The van der Waals surface area contributed by atoms with E-state index < -0.39 is 0 Å². The molecule has 1 rings (SSSR count). The van der Waals surface area contributed by atoms with Crippen molar-refractivity contribution in [2.45, 2.75) is 50.9 Å². The summed E-state index contributed by atoms with van der Waals surface area (Å²) in [6, 6.07) is 0.248. The molecule has 0 saturated heterocycles. The van der Waals surface area contributed by atoms with Crippen LogP contribution in [0.15, 0.2) is 9.95 Å². The van der Waals surface area contributed by atoms with E-state index in [1.807, 2.05) is 13.8 Å². The molecule has 0 aliphatic rings. The number of rotatable bonds is 7. The zero-order valence-corrected chi connectivity index (χ0v) is 10.7. The highest BCUT2D eigenvalue weighted by molar-refractivity contribution is 7.99. The quantitative estimate of drug-likeness (QED) is 0.558. The number of H-pyrrole nitrogens is 1. The van der Waals surface area contributed by atoms with E-state index in [0.717, 1.165) is 36.7 Å². The summed E-state index contributed by atoms with van der Waals surface area (Å²) in [5, 5.41) is 7.28. The Morgan fingerprint density at radius 1 is 1.62 bits per heavy atom. The third-order valence-corrected chi connectivity index (χ3v) is 3.27. The van der Waals surface area contributed by atoms with E-state index >= 15 is 0 Å². The van der Waals surface area contributed by atoms with Crippen molar-refractivity contribution in [1.29, 1.82) is 0 Å². The van der Waals surface area contributed by atoms with E-state index in [-0.39, 0.29) is 11.7 Å². The van der Waals surface area contributed by atoms with Gasteiger partial charge in [-0.2, -0.15) is 0 Å². The summed E-state index contributed by atoms with van der Waals surface area (Å²) in [4.78, 5) is 11.4. The van der Waals surface area contributed by atoms with Crippen molar-refractivity contribution < 1.29 is 0 Å². The Hall–Kier alpha value is -0.750. The smallest absolute Gasteiger partial charge is 0.328 e. The number of nitrogens with two attached hydrogens (primary N) is 1. The van der Waals surface area contributed by atoms with Crippen LogP contribution in [0.2, 0.25) is 0 Å². The molecule has 0 spiro atoms. The topological polar surface area (TPSA) is 76.7 Å². The molecule has 0 radical (unpaired) electrons. The fourth-order valence-corrected chi connectivity index (χ4v) is 2.34. The lowest BCUT2D eigenvalue weighted by atomic mass is 10.2. The standard InChI is InChI=1S/C10H20N4OS/c1-3-6-14-9(15)12-13-10(14)16-7-4-5-8(2)11/h8H,3-7,11H2,1-2H3,(H,12,15). The number of aromatic nitrogens is 3. The minimum Gasteiger partial charge on any atom is -0.328 e. The summed E-state index contributed by atoms with van der Waals surface area (Å²) in [5.41, 5.74) is 5.55. The van der Waals surface area contributed by atoms with Gasteiger partial charge in [0.15, 0.2) is 5.16 Å². The van der Waals surface area contributed by atoms with Crippen molar-refractivity contribution in [2.75, 3.05) is 5.75 Å². The zero-order valence-electron chi connectivity index (χ0n) is 9.90. The maximum absolute atomic E-state index is 11.4. The molecule has 0 amide bonds. The van der Waals surface area contributed by atoms with Gasteiger partial charge < -0.3 is 5.73 Å². The van der Waals surface area contributed by atoms with Gasteiger partial charge in [0.05, 0.1) is 0 Å². The maximum atomic E-state index is 11.4. The van der Waals surface area contributed by atoms with Crippen LogP contribution in [0.1, 0.15) is 33.1 Å². The molecule has 1 aromatic heterocycles. The van der Waals surface area contributed by atoms with Gasteiger partial charge in [0.2, 0.25) is 0 Å². The first kappa shape index (κ1) is 13.3. The lowest BCUT2D eigenvalue weighted by molar-refractivity contribution is 0.602. The highest BCUT2D eigenvalue weighted by Gasteiger charge is 2.07. The second-order valence-corrected chi connectivity index (χ2v) is 4.99. The van der Waals surface area contributed by atoms with Crippen LogP contribution in [0.5, 0.6) is 0 Å². The molecule has 5 nitrogen and oxygen atoms in total. The van der Waals surface area contributed by atoms with Crippen LogP contribution in [0, 0.1) is 0 Å². The summed E-state index contributed by atoms with van der Waals surface area (Å²) in [6.45, 7) is 4.78. The van der Waals surface area contributed by atoms with Gasteiger partial charge in [-0.3, -0.25) is 4.57 Å². The van der Waals surface area contributed by atoms with Crippen LogP contribution in [-0.2, 0) is 6.54 Å². The Balaban J connectivity index is 2.44. The van der Waals surface area contributed by atoms with Gasteiger partial charge in [-0.15, -0.1) is 5.10 Å². The molecule has 1 unspecified atom stereocenters. The van der Waals surface area contributed by atoms with E-state index in [0.29, 0.717) is 0 Å². The Kier molecular flexibility index (Phi) is 5.62. The van der Waals surface area contributed by atoms with E-state index in [2.05, 4.69) is 10.2 Å². The molecule has 16 heavy (non-hydrogen) atoms. The van der Waals surface area contributed by atoms with Crippen molar-refractivity contribution >= 4 is 11.8 Å². The highest BCUT2D eigenvalue weighted by atomic mass is 32.2. The fraction of sp³-hybridized carbons (Fsp3) is 0.800. The van der Waals surface area contributed by atoms with Crippen molar-refractivity contribution in [3.63, 3.8) is 0 Å².